The highest BCUT2D eigenvalue weighted by molar-refractivity contribution is 5.79. The molecule has 0 amide bonds. The zero-order valence-electron chi connectivity index (χ0n) is 19.8. The third-order valence-electron chi connectivity index (χ3n) is 6.49. The van der Waals surface area contributed by atoms with Crippen LogP contribution in [0.1, 0.15) is 122 Å². The van der Waals surface area contributed by atoms with Crippen LogP contribution in [0.5, 0.6) is 0 Å². The van der Waals surface area contributed by atoms with Gasteiger partial charge in [0.25, 0.3) is 0 Å². The van der Waals surface area contributed by atoms with Gasteiger partial charge in [-0.3, -0.25) is 0 Å². The number of carbonyl (C=O) groups is 1. The molecule has 0 heterocycles. The number of ether oxygens (including phenoxy) is 1. The van der Waals surface area contributed by atoms with Gasteiger partial charge >= 0.3 is 5.97 Å². The fourth-order valence-electron chi connectivity index (χ4n) is 4.39. The van der Waals surface area contributed by atoms with Gasteiger partial charge in [-0.15, -0.1) is 0 Å². The van der Waals surface area contributed by atoms with E-state index in [1.807, 2.05) is 0 Å². The highest BCUT2D eigenvalue weighted by Gasteiger charge is 2.49. The minimum Gasteiger partial charge on any atom is -0.464 e. The van der Waals surface area contributed by atoms with Gasteiger partial charge in [0.15, 0.2) is 5.60 Å². The molecular weight excluding hydrogens is 396 g/mol. The molecule has 6 nitrogen and oxygen atoms in total. The Kier molecular flexibility index (Phi) is 15.4. The number of aliphatic hydroxyl groups is 4. The Morgan fingerprint density at radius 1 is 0.710 bits per heavy atom. The van der Waals surface area contributed by atoms with Crippen molar-refractivity contribution >= 4 is 5.97 Å². The van der Waals surface area contributed by atoms with Crippen molar-refractivity contribution < 1.29 is 30.0 Å². The van der Waals surface area contributed by atoms with Crippen LogP contribution in [0.2, 0.25) is 0 Å². The predicted molar refractivity (Wildman–Crippen MR) is 123 cm³/mol. The van der Waals surface area contributed by atoms with E-state index < -0.39 is 29.9 Å². The molecule has 1 saturated carbocycles. The zero-order chi connectivity index (χ0) is 23.0. The summed E-state index contributed by atoms with van der Waals surface area (Å²) in [5.41, 5.74) is -1.92. The molecule has 0 aliphatic heterocycles. The smallest absolute Gasteiger partial charge is 0.338 e. The van der Waals surface area contributed by atoms with Gasteiger partial charge in [-0.25, -0.2) is 4.79 Å². The summed E-state index contributed by atoms with van der Waals surface area (Å²) in [6, 6.07) is 0. The van der Waals surface area contributed by atoms with E-state index in [2.05, 4.69) is 6.92 Å². The van der Waals surface area contributed by atoms with Gasteiger partial charge in [-0.05, 0) is 6.42 Å². The molecule has 0 saturated heterocycles. The van der Waals surface area contributed by atoms with Crippen molar-refractivity contribution in [2.75, 3.05) is 6.61 Å². The van der Waals surface area contributed by atoms with Crippen molar-refractivity contribution in [3.63, 3.8) is 0 Å². The van der Waals surface area contributed by atoms with E-state index in [1.54, 1.807) is 0 Å². The van der Waals surface area contributed by atoms with Crippen LogP contribution in [0.3, 0.4) is 0 Å². The van der Waals surface area contributed by atoms with E-state index >= 15 is 0 Å². The first-order valence-electron chi connectivity index (χ1n) is 12.8. The number of aliphatic hydroxyl groups excluding tert-OH is 3. The normalized spacial score (nSPS) is 26.2. The molecule has 0 radical (unpaired) electrons. The summed E-state index contributed by atoms with van der Waals surface area (Å²) >= 11 is 0. The second kappa shape index (κ2) is 16.9. The fraction of sp³-hybridized carbons (Fsp3) is 0.960. The Bertz CT molecular complexity index is 443. The highest BCUT2D eigenvalue weighted by atomic mass is 16.5. The highest BCUT2D eigenvalue weighted by Crippen LogP contribution is 2.30. The molecule has 2 atom stereocenters. The van der Waals surface area contributed by atoms with Crippen LogP contribution in [-0.4, -0.2) is 56.9 Å². The molecule has 1 aliphatic carbocycles. The third-order valence-corrected chi connectivity index (χ3v) is 6.49. The summed E-state index contributed by atoms with van der Waals surface area (Å²) in [6.45, 7) is 2.49. The van der Waals surface area contributed by atoms with E-state index in [-0.39, 0.29) is 19.4 Å². The molecule has 1 fully saturated rings. The van der Waals surface area contributed by atoms with Gasteiger partial charge in [0.05, 0.1) is 18.8 Å². The average molecular weight is 445 g/mol. The molecule has 2 unspecified atom stereocenters. The molecular formula is C25H48O6. The van der Waals surface area contributed by atoms with Crippen LogP contribution < -0.4 is 0 Å². The molecule has 0 spiro atoms. The number of esters is 1. The van der Waals surface area contributed by atoms with Gasteiger partial charge in [-0.1, -0.05) is 103 Å². The Morgan fingerprint density at radius 3 is 1.45 bits per heavy atom. The number of carbonyl (C=O) groups excluding carboxylic acids is 1. The fourth-order valence-corrected chi connectivity index (χ4v) is 4.39. The number of hydrogen-bond donors (Lipinski definition) is 4. The van der Waals surface area contributed by atoms with Crippen molar-refractivity contribution in [2.45, 2.75) is 146 Å². The lowest BCUT2D eigenvalue weighted by Gasteiger charge is -2.38. The maximum absolute atomic E-state index is 12.1. The average Bonchev–Trinajstić information content (AvgIpc) is 2.74. The maximum Gasteiger partial charge on any atom is 0.338 e. The summed E-state index contributed by atoms with van der Waals surface area (Å²) in [7, 11) is 0. The van der Waals surface area contributed by atoms with Crippen molar-refractivity contribution in [2.24, 2.45) is 0 Å². The first kappa shape index (κ1) is 28.3. The molecule has 0 bridgehead atoms. The van der Waals surface area contributed by atoms with E-state index in [1.165, 1.54) is 83.5 Å². The van der Waals surface area contributed by atoms with Gasteiger partial charge in [-0.2, -0.15) is 0 Å². The maximum atomic E-state index is 12.1. The Labute approximate surface area is 189 Å². The summed E-state index contributed by atoms with van der Waals surface area (Å²) in [5.74, 6) is -0.821. The standard InChI is InChI=1S/C25H48O6/c1-2-3-4-5-6-7-8-9-10-11-12-13-14-15-16-17-18-31-24(29)25(30)19-21(26)23(28)22(27)20-25/h21-23,26-28,30H,2-20H2,1H3. The van der Waals surface area contributed by atoms with Crippen molar-refractivity contribution in [1.29, 1.82) is 0 Å². The van der Waals surface area contributed by atoms with Gasteiger partial charge in [0, 0.05) is 12.8 Å². The molecule has 0 aromatic carbocycles. The molecule has 184 valence electrons. The van der Waals surface area contributed by atoms with Crippen LogP contribution in [0, 0.1) is 0 Å². The van der Waals surface area contributed by atoms with Gasteiger partial charge < -0.3 is 25.2 Å². The Morgan fingerprint density at radius 2 is 1.06 bits per heavy atom. The van der Waals surface area contributed by atoms with Crippen molar-refractivity contribution in [1.82, 2.24) is 0 Å². The van der Waals surface area contributed by atoms with Crippen molar-refractivity contribution in [3.05, 3.63) is 0 Å². The predicted octanol–water partition coefficient (Wildman–Crippen LogP) is 4.40. The Hall–Kier alpha value is -0.690. The number of rotatable bonds is 18. The first-order chi connectivity index (χ1) is 14.9. The van der Waals surface area contributed by atoms with Crippen LogP contribution in [0.4, 0.5) is 0 Å². The second-order valence-corrected chi connectivity index (χ2v) is 9.50. The minimum absolute atomic E-state index is 0.230. The van der Waals surface area contributed by atoms with Crippen LogP contribution in [0.15, 0.2) is 0 Å². The van der Waals surface area contributed by atoms with E-state index in [0.717, 1.165) is 19.3 Å². The number of hydrogen-bond acceptors (Lipinski definition) is 6. The van der Waals surface area contributed by atoms with E-state index in [9.17, 15) is 25.2 Å². The monoisotopic (exact) mass is 444 g/mol. The summed E-state index contributed by atoms with van der Waals surface area (Å²) < 4.78 is 5.14. The SMILES string of the molecule is CCCCCCCCCCCCCCCCCCOC(=O)C1(O)CC(O)C(O)C(O)C1. The molecule has 31 heavy (non-hydrogen) atoms. The molecule has 6 heteroatoms. The molecule has 0 aromatic rings. The quantitative estimate of drug-likeness (QED) is 0.184. The van der Waals surface area contributed by atoms with Crippen LogP contribution in [-0.2, 0) is 9.53 Å². The van der Waals surface area contributed by atoms with Gasteiger partial charge in [0.1, 0.15) is 6.10 Å². The lowest BCUT2D eigenvalue weighted by molar-refractivity contribution is -0.192. The largest absolute Gasteiger partial charge is 0.464 e. The molecule has 4 N–H and O–H groups in total. The van der Waals surface area contributed by atoms with E-state index in [0.29, 0.717) is 0 Å². The van der Waals surface area contributed by atoms with Gasteiger partial charge in [0.2, 0.25) is 0 Å². The Balaban J connectivity index is 1.89. The van der Waals surface area contributed by atoms with Crippen LogP contribution in [0.25, 0.3) is 0 Å². The number of unbranched alkanes of at least 4 members (excludes halogenated alkanes) is 15. The second-order valence-electron chi connectivity index (χ2n) is 9.50. The molecule has 0 aromatic heterocycles. The van der Waals surface area contributed by atoms with E-state index in [4.69, 9.17) is 4.74 Å². The topological polar surface area (TPSA) is 107 Å². The summed E-state index contributed by atoms with van der Waals surface area (Å²) in [5, 5.41) is 39.2. The lowest BCUT2D eigenvalue weighted by Crippen LogP contribution is -2.56. The minimum atomic E-state index is -1.92. The molecule has 1 rings (SSSR count). The van der Waals surface area contributed by atoms with Crippen molar-refractivity contribution in [3.8, 4) is 0 Å². The summed E-state index contributed by atoms with van der Waals surface area (Å²) in [4.78, 5) is 12.1. The zero-order valence-corrected chi connectivity index (χ0v) is 19.8. The third kappa shape index (κ3) is 12.2. The summed E-state index contributed by atoms with van der Waals surface area (Å²) in [6.07, 6.45) is 15.7. The van der Waals surface area contributed by atoms with Crippen LogP contribution >= 0.6 is 0 Å². The molecule has 1 aliphatic rings. The lowest BCUT2D eigenvalue weighted by atomic mass is 9.80. The first-order valence-corrected chi connectivity index (χ1v) is 12.8.